The van der Waals surface area contributed by atoms with Crippen molar-refractivity contribution < 1.29 is 4.79 Å². The van der Waals surface area contributed by atoms with Gasteiger partial charge in [0.15, 0.2) is 0 Å². The second-order valence-electron chi connectivity index (χ2n) is 4.95. The summed E-state index contributed by atoms with van der Waals surface area (Å²) in [6, 6.07) is 13.6. The van der Waals surface area contributed by atoms with Crippen LogP contribution in [-0.2, 0) is 4.79 Å². The van der Waals surface area contributed by atoms with E-state index in [1.807, 2.05) is 43.3 Å². The largest absolute Gasteiger partial charge is 0.322 e. The number of nitrogens with one attached hydrogen (secondary N) is 1. The third-order valence-corrected chi connectivity index (χ3v) is 3.37. The molecule has 0 bridgehead atoms. The molecule has 1 N–H and O–H groups in total. The van der Waals surface area contributed by atoms with Crippen molar-refractivity contribution in [1.82, 2.24) is 9.97 Å². The first-order valence-corrected chi connectivity index (χ1v) is 6.93. The maximum Gasteiger partial charge on any atom is 0.247 e. The molecule has 4 nitrogen and oxygen atoms in total. The van der Waals surface area contributed by atoms with E-state index in [1.54, 1.807) is 12.3 Å². The van der Waals surface area contributed by atoms with Crippen molar-refractivity contribution in [2.24, 2.45) is 0 Å². The van der Waals surface area contributed by atoms with Crippen molar-refractivity contribution in [2.75, 3.05) is 5.32 Å². The van der Waals surface area contributed by atoms with Gasteiger partial charge in [-0.15, -0.1) is 0 Å². The molecular weight excluding hydrogens is 274 g/mol. The second kappa shape index (κ2) is 5.77. The van der Waals surface area contributed by atoms with Crippen LogP contribution in [0.15, 0.2) is 61.3 Å². The summed E-state index contributed by atoms with van der Waals surface area (Å²) in [6.45, 7) is 5.43. The molecule has 1 amide bonds. The van der Waals surface area contributed by atoms with E-state index in [1.165, 1.54) is 6.08 Å². The standard InChI is InChI=1S/C18H15N3O/c1-3-18(22)21-17-9-10-19-16-8-7-13(11-14(16)17)15-6-4-5-12(2)20-15/h3-11H,1H2,2H3,(H,19,21,22). The Hall–Kier alpha value is -3.01. The summed E-state index contributed by atoms with van der Waals surface area (Å²) in [5.41, 5.74) is 4.37. The van der Waals surface area contributed by atoms with E-state index in [2.05, 4.69) is 21.9 Å². The molecule has 4 heteroatoms. The van der Waals surface area contributed by atoms with Crippen molar-refractivity contribution in [1.29, 1.82) is 0 Å². The number of aryl methyl sites for hydroxylation is 1. The van der Waals surface area contributed by atoms with Crippen LogP contribution in [0.25, 0.3) is 22.2 Å². The zero-order valence-corrected chi connectivity index (χ0v) is 12.2. The van der Waals surface area contributed by atoms with Crippen LogP contribution in [0, 0.1) is 6.92 Å². The number of fused-ring (bicyclic) bond motifs is 1. The van der Waals surface area contributed by atoms with E-state index in [0.29, 0.717) is 5.69 Å². The molecule has 108 valence electrons. The van der Waals surface area contributed by atoms with Crippen molar-refractivity contribution in [3.05, 3.63) is 67.0 Å². The highest BCUT2D eigenvalue weighted by molar-refractivity contribution is 6.05. The van der Waals surface area contributed by atoms with Crippen LogP contribution in [0.2, 0.25) is 0 Å². The Morgan fingerprint density at radius 2 is 2.09 bits per heavy atom. The molecular formula is C18H15N3O. The molecule has 3 aromatic rings. The zero-order valence-electron chi connectivity index (χ0n) is 12.2. The summed E-state index contributed by atoms with van der Waals surface area (Å²) in [5.74, 6) is -0.244. The molecule has 1 aromatic carbocycles. The smallest absolute Gasteiger partial charge is 0.247 e. The van der Waals surface area contributed by atoms with Gasteiger partial charge >= 0.3 is 0 Å². The summed E-state index contributed by atoms with van der Waals surface area (Å²) < 4.78 is 0. The maximum absolute atomic E-state index is 11.6. The monoisotopic (exact) mass is 289 g/mol. The summed E-state index contributed by atoms with van der Waals surface area (Å²) in [5, 5.41) is 3.68. The summed E-state index contributed by atoms with van der Waals surface area (Å²) in [6.07, 6.45) is 2.92. The van der Waals surface area contributed by atoms with Crippen LogP contribution < -0.4 is 5.32 Å². The molecule has 0 aliphatic rings. The van der Waals surface area contributed by atoms with Gasteiger partial charge in [0.05, 0.1) is 16.9 Å². The van der Waals surface area contributed by atoms with Gasteiger partial charge < -0.3 is 5.32 Å². The third kappa shape index (κ3) is 2.72. The molecule has 2 heterocycles. The zero-order chi connectivity index (χ0) is 15.5. The van der Waals surface area contributed by atoms with Crippen LogP contribution in [0.3, 0.4) is 0 Å². The van der Waals surface area contributed by atoms with Gasteiger partial charge in [-0.3, -0.25) is 14.8 Å². The molecule has 0 fully saturated rings. The van der Waals surface area contributed by atoms with Crippen molar-refractivity contribution in [3.63, 3.8) is 0 Å². The van der Waals surface area contributed by atoms with E-state index in [0.717, 1.165) is 27.9 Å². The fourth-order valence-corrected chi connectivity index (χ4v) is 2.30. The normalized spacial score (nSPS) is 10.4. The lowest BCUT2D eigenvalue weighted by Gasteiger charge is -2.09. The van der Waals surface area contributed by atoms with E-state index >= 15 is 0 Å². The maximum atomic E-state index is 11.6. The molecule has 0 aliphatic carbocycles. The van der Waals surface area contributed by atoms with Gasteiger partial charge in [0, 0.05) is 22.8 Å². The predicted molar refractivity (Wildman–Crippen MR) is 88.5 cm³/mol. The molecule has 0 saturated carbocycles. The number of anilines is 1. The van der Waals surface area contributed by atoms with Crippen LogP contribution in [0.1, 0.15) is 5.69 Å². The molecule has 22 heavy (non-hydrogen) atoms. The first-order valence-electron chi connectivity index (χ1n) is 6.93. The Balaban J connectivity index is 2.13. The molecule has 0 atom stereocenters. The number of aromatic nitrogens is 2. The Morgan fingerprint density at radius 3 is 2.86 bits per heavy atom. The molecule has 0 saturated heterocycles. The van der Waals surface area contributed by atoms with Crippen molar-refractivity contribution in [2.45, 2.75) is 6.92 Å². The SMILES string of the molecule is C=CC(=O)Nc1ccnc2ccc(-c3cccc(C)n3)cc12. The number of hydrogen-bond donors (Lipinski definition) is 1. The second-order valence-corrected chi connectivity index (χ2v) is 4.95. The van der Waals surface area contributed by atoms with Gasteiger partial charge in [0.25, 0.3) is 0 Å². The highest BCUT2D eigenvalue weighted by Crippen LogP contribution is 2.27. The minimum atomic E-state index is -0.244. The molecule has 0 aliphatic heterocycles. The average molecular weight is 289 g/mol. The fraction of sp³-hybridized carbons (Fsp3) is 0.0556. The van der Waals surface area contributed by atoms with Gasteiger partial charge in [-0.1, -0.05) is 18.7 Å². The number of hydrogen-bond acceptors (Lipinski definition) is 3. The lowest BCUT2D eigenvalue weighted by molar-refractivity contribution is -0.111. The number of carbonyl (C=O) groups excluding carboxylic acids is 1. The third-order valence-electron chi connectivity index (χ3n) is 3.37. The molecule has 3 rings (SSSR count). The van der Waals surface area contributed by atoms with E-state index in [9.17, 15) is 4.79 Å². The molecule has 0 unspecified atom stereocenters. The highest BCUT2D eigenvalue weighted by Gasteiger charge is 2.07. The minimum absolute atomic E-state index is 0.244. The number of benzene rings is 1. The Bertz CT molecular complexity index is 871. The van der Waals surface area contributed by atoms with Crippen LogP contribution >= 0.6 is 0 Å². The Kier molecular flexibility index (Phi) is 3.66. The van der Waals surface area contributed by atoms with E-state index in [4.69, 9.17) is 0 Å². The first kappa shape index (κ1) is 13.9. The quantitative estimate of drug-likeness (QED) is 0.747. The summed E-state index contributed by atoms with van der Waals surface area (Å²) in [4.78, 5) is 20.4. The lowest BCUT2D eigenvalue weighted by Crippen LogP contribution is -2.07. The molecule has 2 aromatic heterocycles. The number of nitrogens with zero attached hydrogens (tertiary/aromatic N) is 2. The van der Waals surface area contributed by atoms with Crippen molar-refractivity contribution >= 4 is 22.5 Å². The van der Waals surface area contributed by atoms with Gasteiger partial charge in [0.2, 0.25) is 5.91 Å². The number of amides is 1. The highest BCUT2D eigenvalue weighted by atomic mass is 16.1. The summed E-state index contributed by atoms with van der Waals surface area (Å²) in [7, 11) is 0. The van der Waals surface area contributed by atoms with Crippen LogP contribution in [-0.4, -0.2) is 15.9 Å². The van der Waals surface area contributed by atoms with Gasteiger partial charge in [0.1, 0.15) is 0 Å². The summed E-state index contributed by atoms with van der Waals surface area (Å²) >= 11 is 0. The topological polar surface area (TPSA) is 54.9 Å². The van der Waals surface area contributed by atoms with Gasteiger partial charge in [-0.2, -0.15) is 0 Å². The van der Waals surface area contributed by atoms with E-state index in [-0.39, 0.29) is 5.91 Å². The van der Waals surface area contributed by atoms with E-state index < -0.39 is 0 Å². The Morgan fingerprint density at radius 1 is 1.23 bits per heavy atom. The number of carbonyl (C=O) groups is 1. The average Bonchev–Trinajstić information content (AvgIpc) is 2.54. The number of pyridine rings is 2. The van der Waals surface area contributed by atoms with Crippen LogP contribution in [0.5, 0.6) is 0 Å². The molecule has 0 radical (unpaired) electrons. The minimum Gasteiger partial charge on any atom is -0.322 e. The predicted octanol–water partition coefficient (Wildman–Crippen LogP) is 3.73. The van der Waals surface area contributed by atoms with Gasteiger partial charge in [-0.05, 0) is 43.3 Å². The fourth-order valence-electron chi connectivity index (χ4n) is 2.30. The van der Waals surface area contributed by atoms with Crippen LogP contribution in [0.4, 0.5) is 5.69 Å². The van der Waals surface area contributed by atoms with Crippen molar-refractivity contribution in [3.8, 4) is 11.3 Å². The first-order chi connectivity index (χ1) is 10.7. The Labute approximate surface area is 128 Å². The van der Waals surface area contributed by atoms with Gasteiger partial charge in [-0.25, -0.2) is 0 Å². The number of rotatable bonds is 3. The molecule has 0 spiro atoms. The lowest BCUT2D eigenvalue weighted by atomic mass is 10.1.